The smallest absolute Gasteiger partial charge is 0.313 e. The van der Waals surface area contributed by atoms with Crippen molar-refractivity contribution in [1.29, 1.82) is 0 Å². The monoisotopic (exact) mass is 382 g/mol. The van der Waals surface area contributed by atoms with Crippen LogP contribution in [-0.4, -0.2) is 28.1 Å². The van der Waals surface area contributed by atoms with Crippen LogP contribution in [0, 0.1) is 20.8 Å². The third-order valence-corrected chi connectivity index (χ3v) is 5.16. The van der Waals surface area contributed by atoms with Crippen molar-refractivity contribution >= 4 is 28.8 Å². The molecule has 6 nitrogen and oxygen atoms in total. The molecule has 1 aromatic carbocycles. The van der Waals surface area contributed by atoms with Crippen LogP contribution >= 0.6 is 11.3 Å². The van der Waals surface area contributed by atoms with Crippen molar-refractivity contribution in [1.82, 2.24) is 15.1 Å². The lowest BCUT2D eigenvalue weighted by molar-refractivity contribution is -0.136. The summed E-state index contributed by atoms with van der Waals surface area (Å²) >= 11 is 1.60. The van der Waals surface area contributed by atoms with Crippen LogP contribution in [0.4, 0.5) is 5.69 Å². The van der Waals surface area contributed by atoms with Crippen molar-refractivity contribution in [2.45, 2.75) is 26.8 Å². The van der Waals surface area contributed by atoms with Gasteiger partial charge in [-0.2, -0.15) is 5.10 Å². The second kappa shape index (κ2) is 8.18. The molecule has 1 atom stereocenters. The maximum atomic E-state index is 12.3. The van der Waals surface area contributed by atoms with E-state index in [0.29, 0.717) is 5.69 Å². The molecule has 7 heteroatoms. The lowest BCUT2D eigenvalue weighted by atomic mass is 10.2. The van der Waals surface area contributed by atoms with Crippen molar-refractivity contribution < 1.29 is 9.59 Å². The fraction of sp³-hybridized carbons (Fsp3) is 0.250. The van der Waals surface area contributed by atoms with Gasteiger partial charge in [0, 0.05) is 22.8 Å². The molecule has 2 aromatic heterocycles. The van der Waals surface area contributed by atoms with Crippen LogP contribution in [0.5, 0.6) is 0 Å². The molecule has 0 radical (unpaired) electrons. The van der Waals surface area contributed by atoms with Gasteiger partial charge in [0.1, 0.15) is 6.04 Å². The predicted octanol–water partition coefficient (Wildman–Crippen LogP) is 3.21. The topological polar surface area (TPSA) is 76.0 Å². The zero-order chi connectivity index (χ0) is 19.4. The van der Waals surface area contributed by atoms with E-state index in [1.54, 1.807) is 23.5 Å². The SMILES string of the molecule is Cc1ccc(NC(=O)C(=O)NCC(c2cccs2)n2nc(C)cc2C)cc1. The molecule has 0 saturated heterocycles. The molecular formula is C20H22N4O2S. The van der Waals surface area contributed by atoms with Gasteiger partial charge >= 0.3 is 11.8 Å². The van der Waals surface area contributed by atoms with E-state index in [0.717, 1.165) is 21.8 Å². The molecule has 140 valence electrons. The van der Waals surface area contributed by atoms with Crippen LogP contribution in [0.2, 0.25) is 0 Å². The van der Waals surface area contributed by atoms with Gasteiger partial charge in [0.25, 0.3) is 0 Å². The summed E-state index contributed by atoms with van der Waals surface area (Å²) in [7, 11) is 0. The lowest BCUT2D eigenvalue weighted by Gasteiger charge is -2.18. The molecule has 2 amide bonds. The Hall–Kier alpha value is -2.93. The average Bonchev–Trinajstić information content (AvgIpc) is 3.27. The first kappa shape index (κ1) is 18.8. The Morgan fingerprint density at radius 1 is 1.11 bits per heavy atom. The Morgan fingerprint density at radius 2 is 1.85 bits per heavy atom. The molecule has 1 unspecified atom stereocenters. The number of nitrogens with zero attached hydrogens (tertiary/aromatic N) is 2. The number of amides is 2. The van der Waals surface area contributed by atoms with Gasteiger partial charge in [-0.25, -0.2) is 0 Å². The van der Waals surface area contributed by atoms with E-state index < -0.39 is 11.8 Å². The lowest BCUT2D eigenvalue weighted by Crippen LogP contribution is -2.39. The third kappa shape index (κ3) is 4.62. The number of thiophene rings is 1. The van der Waals surface area contributed by atoms with E-state index in [2.05, 4.69) is 15.7 Å². The minimum absolute atomic E-state index is 0.158. The van der Waals surface area contributed by atoms with Crippen LogP contribution in [0.1, 0.15) is 27.9 Å². The zero-order valence-corrected chi connectivity index (χ0v) is 16.3. The van der Waals surface area contributed by atoms with Gasteiger partial charge < -0.3 is 10.6 Å². The number of benzene rings is 1. The van der Waals surface area contributed by atoms with Crippen molar-refractivity contribution in [3.05, 3.63) is 69.7 Å². The summed E-state index contributed by atoms with van der Waals surface area (Å²) in [6.45, 7) is 6.15. The highest BCUT2D eigenvalue weighted by Crippen LogP contribution is 2.24. The summed E-state index contributed by atoms with van der Waals surface area (Å²) in [5.74, 6) is -1.35. The van der Waals surface area contributed by atoms with E-state index in [-0.39, 0.29) is 12.6 Å². The van der Waals surface area contributed by atoms with Crippen molar-refractivity contribution in [3.63, 3.8) is 0 Å². The number of hydrogen-bond acceptors (Lipinski definition) is 4. The maximum Gasteiger partial charge on any atom is 0.313 e. The number of rotatable bonds is 5. The largest absolute Gasteiger partial charge is 0.345 e. The Labute approximate surface area is 162 Å². The second-order valence-electron chi connectivity index (χ2n) is 6.43. The van der Waals surface area contributed by atoms with E-state index in [1.165, 1.54) is 0 Å². The summed E-state index contributed by atoms with van der Waals surface area (Å²) in [5.41, 5.74) is 3.59. The fourth-order valence-corrected chi connectivity index (χ4v) is 3.66. The number of nitrogens with one attached hydrogen (secondary N) is 2. The number of carbonyl (C=O) groups excluding carboxylic acids is 2. The van der Waals surface area contributed by atoms with E-state index >= 15 is 0 Å². The molecule has 0 spiro atoms. The number of carbonyl (C=O) groups is 2. The molecule has 0 aliphatic rings. The first-order chi connectivity index (χ1) is 12.9. The number of hydrogen-bond donors (Lipinski definition) is 2. The molecule has 0 saturated carbocycles. The molecule has 0 fully saturated rings. The van der Waals surface area contributed by atoms with Crippen LogP contribution in [0.3, 0.4) is 0 Å². The van der Waals surface area contributed by atoms with Crippen LogP contribution in [-0.2, 0) is 9.59 Å². The molecular weight excluding hydrogens is 360 g/mol. The van der Waals surface area contributed by atoms with Gasteiger partial charge in [0.15, 0.2) is 0 Å². The normalized spacial score (nSPS) is 11.8. The molecule has 0 bridgehead atoms. The number of aromatic nitrogens is 2. The Morgan fingerprint density at radius 3 is 2.44 bits per heavy atom. The van der Waals surface area contributed by atoms with Gasteiger partial charge in [-0.15, -0.1) is 11.3 Å². The molecule has 0 aliphatic carbocycles. The van der Waals surface area contributed by atoms with Crippen molar-refractivity contribution in [2.24, 2.45) is 0 Å². The quantitative estimate of drug-likeness (QED) is 0.665. The highest BCUT2D eigenvalue weighted by atomic mass is 32.1. The molecule has 2 heterocycles. The summed E-state index contributed by atoms with van der Waals surface area (Å²) < 4.78 is 1.89. The molecule has 0 aliphatic heterocycles. The molecule has 3 aromatic rings. The fourth-order valence-electron chi connectivity index (χ4n) is 2.84. The van der Waals surface area contributed by atoms with Crippen LogP contribution in [0.15, 0.2) is 47.8 Å². The first-order valence-electron chi connectivity index (χ1n) is 8.66. The van der Waals surface area contributed by atoms with Crippen molar-refractivity contribution in [2.75, 3.05) is 11.9 Å². The van der Waals surface area contributed by atoms with Gasteiger partial charge in [-0.05, 0) is 50.4 Å². The third-order valence-electron chi connectivity index (χ3n) is 4.18. The second-order valence-corrected chi connectivity index (χ2v) is 7.41. The van der Waals surface area contributed by atoms with E-state index in [9.17, 15) is 9.59 Å². The van der Waals surface area contributed by atoms with E-state index in [1.807, 2.05) is 61.2 Å². The minimum atomic E-state index is -0.683. The summed E-state index contributed by atoms with van der Waals surface area (Å²) in [5, 5.41) is 11.9. The van der Waals surface area contributed by atoms with Gasteiger partial charge in [0.2, 0.25) is 0 Å². The Balaban J connectivity index is 1.68. The maximum absolute atomic E-state index is 12.3. The summed E-state index contributed by atoms with van der Waals surface area (Å²) in [4.78, 5) is 25.5. The van der Waals surface area contributed by atoms with Crippen LogP contribution < -0.4 is 10.6 Å². The first-order valence-corrected chi connectivity index (χ1v) is 9.54. The Kier molecular flexibility index (Phi) is 5.71. The molecule has 2 N–H and O–H groups in total. The highest BCUT2D eigenvalue weighted by Gasteiger charge is 2.21. The minimum Gasteiger partial charge on any atom is -0.345 e. The van der Waals surface area contributed by atoms with Gasteiger partial charge in [0.05, 0.1) is 5.69 Å². The predicted molar refractivity (Wildman–Crippen MR) is 107 cm³/mol. The van der Waals surface area contributed by atoms with Crippen LogP contribution in [0.25, 0.3) is 0 Å². The standard InChI is InChI=1S/C20H22N4O2S/c1-13-6-8-16(9-7-13)22-20(26)19(25)21-12-17(18-5-4-10-27-18)24-15(3)11-14(2)23-24/h4-11,17H,12H2,1-3H3,(H,21,25)(H,22,26). The Bertz CT molecular complexity index is 930. The van der Waals surface area contributed by atoms with Crippen molar-refractivity contribution in [3.8, 4) is 0 Å². The van der Waals surface area contributed by atoms with Gasteiger partial charge in [-0.1, -0.05) is 23.8 Å². The highest BCUT2D eigenvalue weighted by molar-refractivity contribution is 7.10. The molecule has 27 heavy (non-hydrogen) atoms. The molecule has 3 rings (SSSR count). The van der Waals surface area contributed by atoms with Gasteiger partial charge in [-0.3, -0.25) is 14.3 Å². The average molecular weight is 382 g/mol. The summed E-state index contributed by atoms with van der Waals surface area (Å²) in [6.07, 6.45) is 0. The zero-order valence-electron chi connectivity index (χ0n) is 15.5. The number of anilines is 1. The summed E-state index contributed by atoms with van der Waals surface area (Å²) in [6, 6.07) is 13.1. The van der Waals surface area contributed by atoms with E-state index in [4.69, 9.17) is 0 Å². The number of aryl methyl sites for hydroxylation is 3.